The number of ether oxygens (including phenoxy) is 1. The van der Waals surface area contributed by atoms with Gasteiger partial charge in [0, 0.05) is 29.5 Å². The highest BCUT2D eigenvalue weighted by atomic mass is 32.1. The van der Waals surface area contributed by atoms with E-state index in [-0.39, 0.29) is 12.0 Å². The Balaban J connectivity index is 1.30. The zero-order valence-corrected chi connectivity index (χ0v) is 16.8. The van der Waals surface area contributed by atoms with Crippen molar-refractivity contribution in [3.05, 3.63) is 70.0 Å². The monoisotopic (exact) mass is 392 g/mol. The third-order valence-corrected chi connectivity index (χ3v) is 5.89. The van der Waals surface area contributed by atoms with Gasteiger partial charge in [0.25, 0.3) is 0 Å². The Labute approximate surface area is 169 Å². The van der Waals surface area contributed by atoms with Gasteiger partial charge in [0.2, 0.25) is 5.91 Å². The van der Waals surface area contributed by atoms with Crippen molar-refractivity contribution in [2.75, 3.05) is 6.54 Å². The highest BCUT2D eigenvalue weighted by Crippen LogP contribution is 2.37. The molecule has 0 radical (unpaired) electrons. The average molecular weight is 393 g/mol. The second-order valence-electron chi connectivity index (χ2n) is 7.20. The lowest BCUT2D eigenvalue weighted by Crippen LogP contribution is -2.34. The van der Waals surface area contributed by atoms with Crippen molar-refractivity contribution in [1.29, 1.82) is 0 Å². The number of nitrogens with one attached hydrogen (secondary N) is 1. The number of carbonyl (C=O) groups excluding carboxylic acids is 1. The van der Waals surface area contributed by atoms with E-state index >= 15 is 0 Å². The van der Waals surface area contributed by atoms with Crippen LogP contribution in [0.15, 0.2) is 54.0 Å². The number of carbonyl (C=O) groups is 1. The first-order chi connectivity index (χ1) is 13.7. The second-order valence-corrected chi connectivity index (χ2v) is 8.23. The summed E-state index contributed by atoms with van der Waals surface area (Å²) in [7, 11) is 0. The normalized spacial score (nSPS) is 15.1. The number of pyridine rings is 1. The Morgan fingerprint density at radius 2 is 2.18 bits per heavy atom. The molecule has 1 aromatic carbocycles. The van der Waals surface area contributed by atoms with Gasteiger partial charge in [-0.2, -0.15) is 0 Å². The molecule has 0 spiro atoms. The first-order valence-electron chi connectivity index (χ1n) is 9.70. The van der Waals surface area contributed by atoms with Gasteiger partial charge in [-0.3, -0.25) is 9.78 Å². The summed E-state index contributed by atoms with van der Waals surface area (Å²) in [6.45, 7) is 2.56. The van der Waals surface area contributed by atoms with Gasteiger partial charge in [-0.1, -0.05) is 24.3 Å². The van der Waals surface area contributed by atoms with E-state index in [1.54, 1.807) is 11.3 Å². The molecule has 3 heterocycles. The summed E-state index contributed by atoms with van der Waals surface area (Å²) >= 11 is 1.74. The van der Waals surface area contributed by atoms with Gasteiger partial charge < -0.3 is 10.1 Å². The number of amides is 1. The molecule has 2 aromatic heterocycles. The van der Waals surface area contributed by atoms with Crippen molar-refractivity contribution in [1.82, 2.24) is 10.3 Å². The summed E-state index contributed by atoms with van der Waals surface area (Å²) < 4.78 is 6.18. The fraction of sp³-hybridized carbons (Fsp3) is 0.304. The minimum Gasteiger partial charge on any atom is -0.487 e. The van der Waals surface area contributed by atoms with Crippen LogP contribution in [0.3, 0.4) is 0 Å². The van der Waals surface area contributed by atoms with Gasteiger partial charge in [0.15, 0.2) is 0 Å². The summed E-state index contributed by atoms with van der Waals surface area (Å²) in [5.74, 6) is 0.993. The Kier molecular flexibility index (Phi) is 5.72. The van der Waals surface area contributed by atoms with Gasteiger partial charge in [-0.05, 0) is 54.5 Å². The number of fused-ring (bicyclic) bond motifs is 1. The van der Waals surface area contributed by atoms with E-state index in [0.717, 1.165) is 41.8 Å². The molecule has 1 aliphatic rings. The molecule has 1 aliphatic heterocycles. The minimum atomic E-state index is -0.0251. The molecule has 5 heteroatoms. The van der Waals surface area contributed by atoms with Crippen LogP contribution in [-0.2, 0) is 17.6 Å². The van der Waals surface area contributed by atoms with Crippen LogP contribution >= 0.6 is 11.3 Å². The summed E-state index contributed by atoms with van der Waals surface area (Å²) in [5.41, 5.74) is 4.25. The van der Waals surface area contributed by atoms with Gasteiger partial charge in [0.05, 0.1) is 12.2 Å². The Morgan fingerprint density at radius 1 is 1.25 bits per heavy atom. The molecule has 28 heavy (non-hydrogen) atoms. The molecule has 1 N–H and O–H groups in total. The van der Waals surface area contributed by atoms with Gasteiger partial charge in [-0.15, -0.1) is 11.3 Å². The molecule has 144 valence electrons. The lowest BCUT2D eigenvalue weighted by atomic mass is 10.0. The highest BCUT2D eigenvalue weighted by molar-refractivity contribution is 7.09. The molecule has 0 bridgehead atoms. The molecule has 0 saturated heterocycles. The predicted molar refractivity (Wildman–Crippen MR) is 113 cm³/mol. The van der Waals surface area contributed by atoms with Gasteiger partial charge in [0.1, 0.15) is 11.9 Å². The number of rotatable bonds is 7. The van der Waals surface area contributed by atoms with Gasteiger partial charge in [-0.25, -0.2) is 0 Å². The number of thiophene rings is 1. The molecule has 1 amide bonds. The molecule has 0 aliphatic carbocycles. The lowest BCUT2D eigenvalue weighted by Gasteiger charge is -2.13. The van der Waals surface area contributed by atoms with Crippen LogP contribution in [0.25, 0.3) is 11.3 Å². The quantitative estimate of drug-likeness (QED) is 0.641. The van der Waals surface area contributed by atoms with Crippen molar-refractivity contribution >= 4 is 17.2 Å². The van der Waals surface area contributed by atoms with Crippen molar-refractivity contribution < 1.29 is 9.53 Å². The fourth-order valence-electron chi connectivity index (χ4n) is 3.48. The van der Waals surface area contributed by atoms with Gasteiger partial charge >= 0.3 is 0 Å². The molecular formula is C23H24N2O2S. The lowest BCUT2D eigenvalue weighted by molar-refractivity contribution is -0.121. The Bertz CT molecular complexity index is 936. The van der Waals surface area contributed by atoms with E-state index < -0.39 is 0 Å². The number of para-hydroxylation sites is 1. The first kappa shape index (κ1) is 18.7. The SMILES string of the molecule is Cc1ccc(-c2cccc3c2O[C@H](CNC(=O)CCCc2cccs2)C3)nc1. The highest BCUT2D eigenvalue weighted by Gasteiger charge is 2.26. The molecule has 1 atom stereocenters. The Morgan fingerprint density at radius 3 is 2.96 bits per heavy atom. The van der Waals surface area contributed by atoms with E-state index in [0.29, 0.717) is 13.0 Å². The van der Waals surface area contributed by atoms with Crippen LogP contribution in [0.5, 0.6) is 5.75 Å². The first-order valence-corrected chi connectivity index (χ1v) is 10.6. The smallest absolute Gasteiger partial charge is 0.220 e. The maximum absolute atomic E-state index is 12.1. The average Bonchev–Trinajstić information content (AvgIpc) is 3.36. The maximum atomic E-state index is 12.1. The summed E-state index contributed by atoms with van der Waals surface area (Å²) in [5, 5.41) is 5.10. The fourth-order valence-corrected chi connectivity index (χ4v) is 4.23. The number of aromatic nitrogens is 1. The molecule has 0 unspecified atom stereocenters. The summed E-state index contributed by atoms with van der Waals surface area (Å²) in [6.07, 6.45) is 5.05. The van der Waals surface area contributed by atoms with E-state index in [4.69, 9.17) is 4.74 Å². The van der Waals surface area contributed by atoms with Crippen LogP contribution in [0, 0.1) is 6.92 Å². The standard InChI is InChI=1S/C23H24N2O2S/c1-16-10-11-21(24-14-16)20-8-2-5-17-13-18(27-23(17)20)15-25-22(26)9-3-6-19-7-4-12-28-19/h2,4-5,7-8,10-12,14,18H,3,6,9,13,15H2,1H3,(H,25,26)/t18-/m0/s1. The van der Waals surface area contributed by atoms with E-state index in [1.165, 1.54) is 10.4 Å². The van der Waals surface area contributed by atoms with Crippen LogP contribution in [0.2, 0.25) is 0 Å². The van der Waals surface area contributed by atoms with Crippen molar-refractivity contribution in [3.63, 3.8) is 0 Å². The van der Waals surface area contributed by atoms with E-state index in [1.807, 2.05) is 31.3 Å². The number of hydrogen-bond acceptors (Lipinski definition) is 4. The zero-order valence-electron chi connectivity index (χ0n) is 16.0. The summed E-state index contributed by atoms with van der Waals surface area (Å²) in [4.78, 5) is 18.0. The van der Waals surface area contributed by atoms with Crippen molar-refractivity contribution in [2.45, 2.75) is 38.7 Å². The second kappa shape index (κ2) is 8.57. The third-order valence-electron chi connectivity index (χ3n) is 4.95. The van der Waals surface area contributed by atoms with Crippen LogP contribution < -0.4 is 10.1 Å². The van der Waals surface area contributed by atoms with Crippen LogP contribution in [-0.4, -0.2) is 23.5 Å². The number of hydrogen-bond donors (Lipinski definition) is 1. The molecule has 3 aromatic rings. The van der Waals surface area contributed by atoms with Crippen LogP contribution in [0.4, 0.5) is 0 Å². The largest absolute Gasteiger partial charge is 0.487 e. The number of nitrogens with zero attached hydrogens (tertiary/aromatic N) is 1. The zero-order chi connectivity index (χ0) is 19.3. The maximum Gasteiger partial charge on any atom is 0.220 e. The molecular weight excluding hydrogens is 368 g/mol. The van der Waals surface area contributed by atoms with E-state index in [9.17, 15) is 4.79 Å². The predicted octanol–water partition coefficient (Wildman–Crippen LogP) is 4.56. The van der Waals surface area contributed by atoms with E-state index in [2.05, 4.69) is 39.9 Å². The molecule has 0 saturated carbocycles. The number of benzene rings is 1. The topological polar surface area (TPSA) is 51.2 Å². The van der Waals surface area contributed by atoms with Crippen molar-refractivity contribution in [2.24, 2.45) is 0 Å². The number of aryl methyl sites for hydroxylation is 2. The molecule has 4 nitrogen and oxygen atoms in total. The molecule has 4 rings (SSSR count). The minimum absolute atomic E-state index is 0.0251. The summed E-state index contributed by atoms with van der Waals surface area (Å²) in [6, 6.07) is 14.4. The Hall–Kier alpha value is -2.66. The van der Waals surface area contributed by atoms with Crippen LogP contribution in [0.1, 0.15) is 28.8 Å². The molecule has 0 fully saturated rings. The van der Waals surface area contributed by atoms with Crippen molar-refractivity contribution in [3.8, 4) is 17.0 Å². The third kappa shape index (κ3) is 4.42.